The van der Waals surface area contributed by atoms with Crippen LogP contribution in [-0.4, -0.2) is 35.7 Å². The minimum atomic E-state index is 0.261. The lowest BCUT2D eigenvalue weighted by molar-refractivity contribution is 0.312. The molecule has 0 atom stereocenters. The third kappa shape index (κ3) is 4.62. The summed E-state index contributed by atoms with van der Waals surface area (Å²) in [5, 5.41) is 6.29. The van der Waals surface area contributed by atoms with Crippen LogP contribution in [0.5, 0.6) is 6.01 Å². The molecule has 0 fully saturated rings. The maximum Gasteiger partial charge on any atom is 0.323 e. The van der Waals surface area contributed by atoms with Gasteiger partial charge in [0.2, 0.25) is 11.9 Å². The van der Waals surface area contributed by atoms with E-state index in [0.717, 1.165) is 17.1 Å². The molecule has 0 aliphatic heterocycles. The molecule has 0 aliphatic rings. The average Bonchev–Trinajstić information content (AvgIpc) is 3.14. The van der Waals surface area contributed by atoms with E-state index < -0.39 is 0 Å². The normalized spacial score (nSPS) is 10.4. The van der Waals surface area contributed by atoms with Crippen molar-refractivity contribution in [3.05, 3.63) is 48.4 Å². The van der Waals surface area contributed by atoms with Gasteiger partial charge in [0.1, 0.15) is 5.76 Å². The molecule has 0 amide bonds. The van der Waals surface area contributed by atoms with Crippen molar-refractivity contribution in [3.63, 3.8) is 0 Å². The van der Waals surface area contributed by atoms with Gasteiger partial charge in [-0.2, -0.15) is 15.0 Å². The fourth-order valence-corrected chi connectivity index (χ4v) is 2.24. The average molecular weight is 354 g/mol. The Morgan fingerprint density at radius 3 is 2.46 bits per heavy atom. The lowest BCUT2D eigenvalue weighted by Crippen LogP contribution is -2.10. The summed E-state index contributed by atoms with van der Waals surface area (Å²) in [4.78, 5) is 15.0. The molecule has 8 nitrogen and oxygen atoms in total. The molecule has 0 saturated carbocycles. The van der Waals surface area contributed by atoms with Crippen LogP contribution in [0.15, 0.2) is 47.1 Å². The second-order valence-electron chi connectivity index (χ2n) is 5.70. The van der Waals surface area contributed by atoms with Gasteiger partial charge >= 0.3 is 6.01 Å². The zero-order valence-electron chi connectivity index (χ0n) is 15.1. The lowest BCUT2D eigenvalue weighted by Gasteiger charge is -2.13. The highest BCUT2D eigenvalue weighted by atomic mass is 16.5. The second kappa shape index (κ2) is 8.19. The molecular weight excluding hydrogens is 332 g/mol. The number of nitrogens with one attached hydrogen (secondary N) is 2. The number of anilines is 4. The smallest absolute Gasteiger partial charge is 0.323 e. The van der Waals surface area contributed by atoms with Crippen molar-refractivity contribution in [2.45, 2.75) is 13.5 Å². The fraction of sp³-hybridized carbons (Fsp3) is 0.278. The molecule has 2 aromatic heterocycles. The maximum atomic E-state index is 5.44. The first-order chi connectivity index (χ1) is 12.6. The monoisotopic (exact) mass is 354 g/mol. The van der Waals surface area contributed by atoms with Gasteiger partial charge < -0.3 is 24.7 Å². The van der Waals surface area contributed by atoms with Gasteiger partial charge in [0, 0.05) is 25.5 Å². The van der Waals surface area contributed by atoms with Crippen molar-refractivity contribution >= 4 is 23.3 Å². The molecule has 3 rings (SSSR count). The predicted molar refractivity (Wildman–Crippen MR) is 101 cm³/mol. The minimum Gasteiger partial charge on any atom is -0.467 e. The number of ether oxygens (including phenoxy) is 1. The molecule has 0 saturated heterocycles. The quantitative estimate of drug-likeness (QED) is 0.637. The van der Waals surface area contributed by atoms with E-state index in [4.69, 9.17) is 9.15 Å². The summed E-state index contributed by atoms with van der Waals surface area (Å²) in [7, 11) is 4.00. The predicted octanol–water partition coefficient (Wildman–Crippen LogP) is 3.29. The minimum absolute atomic E-state index is 0.261. The Labute approximate surface area is 152 Å². The van der Waals surface area contributed by atoms with Crippen LogP contribution in [0.3, 0.4) is 0 Å². The Morgan fingerprint density at radius 1 is 1.04 bits per heavy atom. The summed E-state index contributed by atoms with van der Waals surface area (Å²) in [5.74, 6) is 1.60. The lowest BCUT2D eigenvalue weighted by atomic mass is 10.2. The highest BCUT2D eigenvalue weighted by Gasteiger charge is 2.09. The van der Waals surface area contributed by atoms with Gasteiger partial charge in [-0.15, -0.1) is 0 Å². The van der Waals surface area contributed by atoms with Gasteiger partial charge in [0.15, 0.2) is 0 Å². The van der Waals surface area contributed by atoms with Crippen LogP contribution in [0.2, 0.25) is 0 Å². The Hall–Kier alpha value is -3.29. The van der Waals surface area contributed by atoms with E-state index in [-0.39, 0.29) is 6.01 Å². The van der Waals surface area contributed by atoms with Crippen LogP contribution in [0.25, 0.3) is 0 Å². The first kappa shape index (κ1) is 17.5. The number of hydrogen-bond donors (Lipinski definition) is 2. The van der Waals surface area contributed by atoms with Crippen molar-refractivity contribution < 1.29 is 9.15 Å². The fourth-order valence-electron chi connectivity index (χ4n) is 2.24. The van der Waals surface area contributed by atoms with Crippen LogP contribution in [0.4, 0.5) is 23.3 Å². The van der Waals surface area contributed by atoms with Gasteiger partial charge in [0.25, 0.3) is 0 Å². The van der Waals surface area contributed by atoms with E-state index in [1.54, 1.807) is 6.26 Å². The van der Waals surface area contributed by atoms with Crippen molar-refractivity contribution in [2.24, 2.45) is 0 Å². The molecule has 8 heteroatoms. The van der Waals surface area contributed by atoms with Gasteiger partial charge in [-0.3, -0.25) is 0 Å². The van der Waals surface area contributed by atoms with Crippen LogP contribution in [0.1, 0.15) is 12.7 Å². The number of nitrogens with zero attached hydrogens (tertiary/aromatic N) is 4. The molecule has 0 spiro atoms. The van der Waals surface area contributed by atoms with Crippen LogP contribution in [0, 0.1) is 0 Å². The van der Waals surface area contributed by atoms with Crippen LogP contribution < -0.4 is 20.3 Å². The number of benzene rings is 1. The topological polar surface area (TPSA) is 88.3 Å². The van der Waals surface area contributed by atoms with Crippen molar-refractivity contribution in [3.8, 4) is 6.01 Å². The number of rotatable bonds is 8. The van der Waals surface area contributed by atoms with E-state index in [0.29, 0.717) is 25.0 Å². The number of hydrogen-bond acceptors (Lipinski definition) is 8. The molecule has 2 N–H and O–H groups in total. The third-order valence-electron chi connectivity index (χ3n) is 3.53. The van der Waals surface area contributed by atoms with E-state index in [2.05, 4.69) is 25.6 Å². The van der Waals surface area contributed by atoms with E-state index >= 15 is 0 Å². The summed E-state index contributed by atoms with van der Waals surface area (Å²) in [5.41, 5.74) is 1.99. The summed E-state index contributed by atoms with van der Waals surface area (Å²) >= 11 is 0. The van der Waals surface area contributed by atoms with Crippen LogP contribution >= 0.6 is 0 Å². The molecule has 0 unspecified atom stereocenters. The summed E-state index contributed by atoms with van der Waals surface area (Å²) in [6.45, 7) is 2.82. The Bertz CT molecular complexity index is 818. The summed E-state index contributed by atoms with van der Waals surface area (Å²) in [6.07, 6.45) is 1.63. The third-order valence-corrected chi connectivity index (χ3v) is 3.53. The molecule has 0 aliphatic carbocycles. The molecule has 136 valence electrons. The first-order valence-electron chi connectivity index (χ1n) is 8.33. The molecule has 2 heterocycles. The van der Waals surface area contributed by atoms with Crippen LogP contribution in [-0.2, 0) is 6.54 Å². The van der Waals surface area contributed by atoms with Gasteiger partial charge in [-0.1, -0.05) is 0 Å². The molecule has 0 radical (unpaired) electrons. The molecule has 1 aromatic carbocycles. The Kier molecular flexibility index (Phi) is 5.52. The Balaban J connectivity index is 1.76. The molecular formula is C18H22N6O2. The van der Waals surface area contributed by atoms with E-state index in [1.807, 2.05) is 62.3 Å². The Morgan fingerprint density at radius 2 is 1.81 bits per heavy atom. The first-order valence-corrected chi connectivity index (χ1v) is 8.33. The molecule has 0 bridgehead atoms. The zero-order valence-corrected chi connectivity index (χ0v) is 15.1. The molecule has 3 aromatic rings. The number of aromatic nitrogens is 3. The van der Waals surface area contributed by atoms with E-state index in [1.165, 1.54) is 0 Å². The summed E-state index contributed by atoms with van der Waals surface area (Å²) in [6, 6.07) is 11.9. The van der Waals surface area contributed by atoms with Crippen molar-refractivity contribution in [1.29, 1.82) is 0 Å². The number of furan rings is 1. The largest absolute Gasteiger partial charge is 0.467 e. The van der Waals surface area contributed by atoms with Crippen molar-refractivity contribution in [2.75, 3.05) is 36.2 Å². The highest BCUT2D eigenvalue weighted by Crippen LogP contribution is 2.20. The maximum absolute atomic E-state index is 5.44. The van der Waals surface area contributed by atoms with Gasteiger partial charge in [-0.25, -0.2) is 0 Å². The second-order valence-corrected chi connectivity index (χ2v) is 5.70. The van der Waals surface area contributed by atoms with Gasteiger partial charge in [0.05, 0.1) is 19.4 Å². The molecule has 26 heavy (non-hydrogen) atoms. The zero-order chi connectivity index (χ0) is 18.4. The SMILES string of the molecule is CCOc1nc(NCc2ccco2)nc(Nc2ccc(N(C)C)cc2)n1. The summed E-state index contributed by atoms with van der Waals surface area (Å²) < 4.78 is 10.7. The standard InChI is InChI=1S/C18H22N6O2/c1-4-25-18-22-16(19-12-15-6-5-11-26-15)21-17(23-18)20-13-7-9-14(10-8-13)24(2)3/h5-11H,4,12H2,1-3H3,(H2,19,20,21,22,23). The highest BCUT2D eigenvalue weighted by molar-refractivity contribution is 5.59. The van der Waals surface area contributed by atoms with Gasteiger partial charge in [-0.05, 0) is 43.3 Å². The van der Waals surface area contributed by atoms with E-state index in [9.17, 15) is 0 Å². The van der Waals surface area contributed by atoms with Crippen molar-refractivity contribution in [1.82, 2.24) is 15.0 Å².